The maximum absolute atomic E-state index is 10.9. The first-order chi connectivity index (χ1) is 8.54. The number of pyridine rings is 2. The van der Waals surface area contributed by atoms with Crippen LogP contribution in [0.5, 0.6) is 11.6 Å². The molecule has 0 saturated carbocycles. The fraction of sp³-hybridized carbons (Fsp3) is 0.0833. The average molecular weight is 309 g/mol. The largest absolute Gasteiger partial charge is 0.478 e. The van der Waals surface area contributed by atoms with E-state index in [1.54, 1.807) is 19.2 Å². The molecule has 2 aromatic heterocycles. The minimum atomic E-state index is -1.02. The molecule has 2 heterocycles. The number of carboxylic acids is 1. The number of aryl methyl sites for hydroxylation is 1. The standard InChI is InChI=1S/C12H9BrN2O3/c1-7-2-8(12(16)17)3-11(15-7)18-10-4-9(13)5-14-6-10/h2-6H,1H3,(H,16,17). The first-order valence-corrected chi connectivity index (χ1v) is 5.84. The van der Waals surface area contributed by atoms with Gasteiger partial charge in [-0.25, -0.2) is 9.78 Å². The third-order valence-electron chi connectivity index (χ3n) is 2.08. The molecule has 92 valence electrons. The molecule has 0 saturated heterocycles. The molecule has 0 bridgehead atoms. The van der Waals surface area contributed by atoms with Gasteiger partial charge in [-0.3, -0.25) is 4.98 Å². The first kappa shape index (κ1) is 12.5. The van der Waals surface area contributed by atoms with Crippen LogP contribution < -0.4 is 4.74 Å². The van der Waals surface area contributed by atoms with Gasteiger partial charge in [0, 0.05) is 22.4 Å². The molecule has 5 nitrogen and oxygen atoms in total. The van der Waals surface area contributed by atoms with Crippen LogP contribution in [0.3, 0.4) is 0 Å². The van der Waals surface area contributed by atoms with Crippen LogP contribution in [-0.2, 0) is 0 Å². The molecule has 0 atom stereocenters. The van der Waals surface area contributed by atoms with Gasteiger partial charge in [-0.1, -0.05) is 0 Å². The van der Waals surface area contributed by atoms with E-state index in [1.807, 2.05) is 0 Å². The molecule has 0 aliphatic carbocycles. The Hall–Kier alpha value is -1.95. The first-order valence-electron chi connectivity index (χ1n) is 5.05. The minimum Gasteiger partial charge on any atom is -0.478 e. The van der Waals surface area contributed by atoms with Crippen molar-refractivity contribution in [1.82, 2.24) is 9.97 Å². The normalized spacial score (nSPS) is 10.1. The Morgan fingerprint density at radius 2 is 2.11 bits per heavy atom. The number of carbonyl (C=O) groups is 1. The van der Waals surface area contributed by atoms with Gasteiger partial charge in [0.05, 0.1) is 11.8 Å². The lowest BCUT2D eigenvalue weighted by atomic mass is 10.2. The molecule has 0 amide bonds. The second-order valence-corrected chi connectivity index (χ2v) is 4.50. The lowest BCUT2D eigenvalue weighted by molar-refractivity contribution is 0.0696. The van der Waals surface area contributed by atoms with Crippen LogP contribution in [0.1, 0.15) is 16.1 Å². The molecule has 2 aromatic rings. The summed E-state index contributed by atoms with van der Waals surface area (Å²) in [5.74, 6) is -0.302. The molecule has 18 heavy (non-hydrogen) atoms. The molecule has 0 aliphatic rings. The van der Waals surface area contributed by atoms with Crippen LogP contribution in [-0.4, -0.2) is 21.0 Å². The summed E-state index contributed by atoms with van der Waals surface area (Å²) in [6.07, 6.45) is 3.15. The Bertz CT molecular complexity index is 602. The SMILES string of the molecule is Cc1cc(C(=O)O)cc(Oc2cncc(Br)c2)n1. The van der Waals surface area contributed by atoms with Gasteiger partial charge in [0.2, 0.25) is 5.88 Å². The van der Waals surface area contributed by atoms with Gasteiger partial charge >= 0.3 is 5.97 Å². The fourth-order valence-corrected chi connectivity index (χ4v) is 1.73. The van der Waals surface area contributed by atoms with Gasteiger partial charge in [0.15, 0.2) is 0 Å². The number of aromatic nitrogens is 2. The number of hydrogen-bond acceptors (Lipinski definition) is 4. The number of rotatable bonds is 3. The van der Waals surface area contributed by atoms with Crippen molar-refractivity contribution in [2.24, 2.45) is 0 Å². The summed E-state index contributed by atoms with van der Waals surface area (Å²) >= 11 is 3.27. The summed E-state index contributed by atoms with van der Waals surface area (Å²) in [4.78, 5) is 19.0. The van der Waals surface area contributed by atoms with E-state index in [-0.39, 0.29) is 11.4 Å². The number of ether oxygens (including phenoxy) is 1. The van der Waals surface area contributed by atoms with Gasteiger partial charge in [0.25, 0.3) is 0 Å². The van der Waals surface area contributed by atoms with Crippen LogP contribution in [0.4, 0.5) is 0 Å². The van der Waals surface area contributed by atoms with Gasteiger partial charge in [-0.15, -0.1) is 0 Å². The smallest absolute Gasteiger partial charge is 0.335 e. The van der Waals surface area contributed by atoms with E-state index in [0.717, 1.165) is 4.47 Å². The van der Waals surface area contributed by atoms with E-state index in [0.29, 0.717) is 11.4 Å². The molecule has 0 aliphatic heterocycles. The summed E-state index contributed by atoms with van der Waals surface area (Å²) in [7, 11) is 0. The number of hydrogen-bond donors (Lipinski definition) is 1. The summed E-state index contributed by atoms with van der Waals surface area (Å²) in [6.45, 7) is 1.71. The summed E-state index contributed by atoms with van der Waals surface area (Å²) in [5, 5.41) is 8.94. The Morgan fingerprint density at radius 1 is 1.33 bits per heavy atom. The summed E-state index contributed by atoms with van der Waals surface area (Å²) in [6, 6.07) is 4.57. The monoisotopic (exact) mass is 308 g/mol. The number of nitrogens with zero attached hydrogens (tertiary/aromatic N) is 2. The molecule has 0 spiro atoms. The maximum Gasteiger partial charge on any atom is 0.335 e. The van der Waals surface area contributed by atoms with E-state index < -0.39 is 5.97 Å². The molecular weight excluding hydrogens is 300 g/mol. The lowest BCUT2D eigenvalue weighted by Gasteiger charge is -2.06. The van der Waals surface area contributed by atoms with Gasteiger partial charge in [-0.05, 0) is 35.0 Å². The molecule has 0 unspecified atom stereocenters. The molecule has 0 fully saturated rings. The molecule has 1 N–H and O–H groups in total. The van der Waals surface area contributed by atoms with Crippen molar-refractivity contribution < 1.29 is 14.6 Å². The highest BCUT2D eigenvalue weighted by molar-refractivity contribution is 9.10. The Morgan fingerprint density at radius 3 is 2.78 bits per heavy atom. The predicted octanol–water partition coefficient (Wildman–Crippen LogP) is 3.04. The highest BCUT2D eigenvalue weighted by atomic mass is 79.9. The van der Waals surface area contributed by atoms with Crippen molar-refractivity contribution in [2.45, 2.75) is 6.92 Å². The number of halogens is 1. The lowest BCUT2D eigenvalue weighted by Crippen LogP contribution is -2.00. The molecule has 0 radical (unpaired) electrons. The van der Waals surface area contributed by atoms with E-state index in [4.69, 9.17) is 9.84 Å². The molecule has 0 aromatic carbocycles. The van der Waals surface area contributed by atoms with E-state index in [1.165, 1.54) is 18.3 Å². The molecular formula is C12H9BrN2O3. The van der Waals surface area contributed by atoms with Gasteiger partial charge in [-0.2, -0.15) is 0 Å². The zero-order valence-corrected chi connectivity index (χ0v) is 11.0. The van der Waals surface area contributed by atoms with Crippen LogP contribution in [0, 0.1) is 6.92 Å². The number of aromatic carboxylic acids is 1. The van der Waals surface area contributed by atoms with Crippen LogP contribution in [0.2, 0.25) is 0 Å². The second kappa shape index (κ2) is 5.14. The molecule has 2 rings (SSSR count). The van der Waals surface area contributed by atoms with Crippen molar-refractivity contribution in [3.8, 4) is 11.6 Å². The highest BCUT2D eigenvalue weighted by Gasteiger charge is 2.08. The Labute approximate surface area is 112 Å². The van der Waals surface area contributed by atoms with Gasteiger partial charge < -0.3 is 9.84 Å². The summed E-state index contributed by atoms with van der Waals surface area (Å²) in [5.41, 5.74) is 0.716. The zero-order chi connectivity index (χ0) is 13.1. The van der Waals surface area contributed by atoms with Crippen molar-refractivity contribution in [2.75, 3.05) is 0 Å². The zero-order valence-electron chi connectivity index (χ0n) is 9.42. The second-order valence-electron chi connectivity index (χ2n) is 3.58. The van der Waals surface area contributed by atoms with Crippen LogP contribution in [0.25, 0.3) is 0 Å². The average Bonchev–Trinajstić information content (AvgIpc) is 2.28. The summed E-state index contributed by atoms with van der Waals surface area (Å²) < 4.78 is 6.23. The maximum atomic E-state index is 10.9. The van der Waals surface area contributed by atoms with E-state index in [2.05, 4.69) is 25.9 Å². The van der Waals surface area contributed by atoms with Crippen molar-refractivity contribution in [3.63, 3.8) is 0 Å². The third kappa shape index (κ3) is 3.04. The van der Waals surface area contributed by atoms with Crippen molar-refractivity contribution in [3.05, 3.63) is 46.3 Å². The van der Waals surface area contributed by atoms with E-state index >= 15 is 0 Å². The number of carboxylic acid groups (broad SMARTS) is 1. The Balaban J connectivity index is 2.31. The topological polar surface area (TPSA) is 72.3 Å². The Kier molecular flexibility index (Phi) is 3.57. The third-order valence-corrected chi connectivity index (χ3v) is 2.51. The van der Waals surface area contributed by atoms with E-state index in [9.17, 15) is 4.79 Å². The predicted molar refractivity (Wildman–Crippen MR) is 67.9 cm³/mol. The van der Waals surface area contributed by atoms with Gasteiger partial charge in [0.1, 0.15) is 5.75 Å². The fourth-order valence-electron chi connectivity index (χ4n) is 1.38. The van der Waals surface area contributed by atoms with Crippen molar-refractivity contribution in [1.29, 1.82) is 0 Å². The van der Waals surface area contributed by atoms with Crippen LogP contribution >= 0.6 is 15.9 Å². The quantitative estimate of drug-likeness (QED) is 0.943. The minimum absolute atomic E-state index is 0.139. The highest BCUT2D eigenvalue weighted by Crippen LogP contribution is 2.23. The molecule has 6 heteroatoms. The van der Waals surface area contributed by atoms with Crippen LogP contribution in [0.15, 0.2) is 35.1 Å². The van der Waals surface area contributed by atoms with Crippen molar-refractivity contribution >= 4 is 21.9 Å².